The molecule has 2 unspecified atom stereocenters. The van der Waals surface area contributed by atoms with Gasteiger partial charge in [-0.25, -0.2) is 0 Å². The molecular weight excluding hydrogens is 232 g/mol. The third-order valence-corrected chi connectivity index (χ3v) is 4.58. The molecule has 0 radical (unpaired) electrons. The smallest absolute Gasteiger partial charge is 0.0198 e. The van der Waals surface area contributed by atoms with E-state index in [-0.39, 0.29) is 0 Å². The quantitative estimate of drug-likeness (QED) is 0.819. The molecule has 1 aliphatic carbocycles. The lowest BCUT2D eigenvalue weighted by Gasteiger charge is -2.41. The van der Waals surface area contributed by atoms with E-state index in [4.69, 9.17) is 0 Å². The van der Waals surface area contributed by atoms with Gasteiger partial charge in [-0.2, -0.15) is 0 Å². The Morgan fingerprint density at radius 3 is 2.32 bits per heavy atom. The minimum absolute atomic E-state index is 0.395. The van der Waals surface area contributed by atoms with E-state index in [2.05, 4.69) is 44.8 Å². The first-order chi connectivity index (χ1) is 8.83. The zero-order valence-corrected chi connectivity index (χ0v) is 13.7. The van der Waals surface area contributed by atoms with Crippen LogP contribution in [0.3, 0.4) is 0 Å². The van der Waals surface area contributed by atoms with Crippen molar-refractivity contribution in [3.8, 4) is 0 Å². The first kappa shape index (κ1) is 15.3. The van der Waals surface area contributed by atoms with Crippen molar-refractivity contribution in [1.29, 1.82) is 0 Å². The molecule has 2 heteroatoms. The molecule has 2 nitrogen and oxygen atoms in total. The van der Waals surface area contributed by atoms with Crippen LogP contribution in [0.25, 0.3) is 0 Å². The molecule has 1 N–H and O–H groups in total. The Kier molecular flexibility index (Phi) is 4.94. The summed E-state index contributed by atoms with van der Waals surface area (Å²) in [5.74, 6) is 2.00. The maximum atomic E-state index is 3.83. The minimum atomic E-state index is 0.395. The van der Waals surface area contributed by atoms with Gasteiger partial charge in [-0.1, -0.05) is 33.6 Å². The summed E-state index contributed by atoms with van der Waals surface area (Å²) in [5.41, 5.74) is 0.395. The van der Waals surface area contributed by atoms with E-state index in [0.29, 0.717) is 17.5 Å². The van der Waals surface area contributed by atoms with Gasteiger partial charge >= 0.3 is 0 Å². The number of likely N-dealkylation sites (tertiary alicyclic amines) is 1. The van der Waals surface area contributed by atoms with E-state index in [1.165, 1.54) is 38.8 Å². The minimum Gasteiger partial charge on any atom is -0.312 e. The van der Waals surface area contributed by atoms with E-state index in [0.717, 1.165) is 18.4 Å². The number of hydrogen-bond acceptors (Lipinski definition) is 2. The van der Waals surface area contributed by atoms with Gasteiger partial charge in [-0.05, 0) is 43.9 Å². The summed E-state index contributed by atoms with van der Waals surface area (Å²) in [4.78, 5) is 2.69. The lowest BCUT2D eigenvalue weighted by molar-refractivity contribution is 0.101. The summed E-state index contributed by atoms with van der Waals surface area (Å²) in [7, 11) is 0. The summed E-state index contributed by atoms with van der Waals surface area (Å²) in [5, 5.41) is 3.83. The van der Waals surface area contributed by atoms with Crippen molar-refractivity contribution in [2.24, 2.45) is 17.3 Å². The van der Waals surface area contributed by atoms with Crippen molar-refractivity contribution >= 4 is 0 Å². The standard InChI is InChI=1S/C17H34N2/c1-13(2)19-10-15(8-14-6-7-14)9-16(11-19)18-12-17(3,4)5/h13-16,18H,6-12H2,1-5H3. The Morgan fingerprint density at radius 2 is 1.79 bits per heavy atom. The molecule has 2 fully saturated rings. The molecular formula is C17H34N2. The van der Waals surface area contributed by atoms with Gasteiger partial charge in [0.2, 0.25) is 0 Å². The largest absolute Gasteiger partial charge is 0.312 e. The predicted octanol–water partition coefficient (Wildman–Crippen LogP) is 3.52. The number of piperidine rings is 1. The molecule has 0 aromatic rings. The summed E-state index contributed by atoms with van der Waals surface area (Å²) >= 11 is 0. The Hall–Kier alpha value is -0.0800. The maximum Gasteiger partial charge on any atom is 0.0198 e. The average Bonchev–Trinajstić information content (AvgIpc) is 3.09. The second-order valence-electron chi connectivity index (χ2n) is 8.47. The van der Waals surface area contributed by atoms with Crippen LogP contribution in [-0.2, 0) is 0 Å². The number of hydrogen-bond donors (Lipinski definition) is 1. The van der Waals surface area contributed by atoms with Gasteiger partial charge in [0.1, 0.15) is 0 Å². The van der Waals surface area contributed by atoms with Crippen LogP contribution in [-0.4, -0.2) is 36.6 Å². The third-order valence-electron chi connectivity index (χ3n) is 4.58. The van der Waals surface area contributed by atoms with Gasteiger partial charge in [-0.3, -0.25) is 4.90 Å². The van der Waals surface area contributed by atoms with Crippen molar-refractivity contribution in [3.05, 3.63) is 0 Å². The molecule has 2 atom stereocenters. The van der Waals surface area contributed by atoms with Crippen LogP contribution >= 0.6 is 0 Å². The van der Waals surface area contributed by atoms with Crippen LogP contribution in [0.5, 0.6) is 0 Å². The highest BCUT2D eigenvalue weighted by atomic mass is 15.2. The van der Waals surface area contributed by atoms with E-state index >= 15 is 0 Å². The zero-order valence-electron chi connectivity index (χ0n) is 13.7. The lowest BCUT2D eigenvalue weighted by atomic mass is 9.88. The van der Waals surface area contributed by atoms with Gasteiger partial charge in [0.15, 0.2) is 0 Å². The van der Waals surface area contributed by atoms with Crippen LogP contribution in [0.1, 0.15) is 60.3 Å². The first-order valence-electron chi connectivity index (χ1n) is 8.31. The fourth-order valence-corrected chi connectivity index (χ4v) is 3.26. The predicted molar refractivity (Wildman–Crippen MR) is 83.4 cm³/mol. The zero-order chi connectivity index (χ0) is 14.0. The Balaban J connectivity index is 1.85. The van der Waals surface area contributed by atoms with Crippen molar-refractivity contribution in [2.75, 3.05) is 19.6 Å². The van der Waals surface area contributed by atoms with Crippen molar-refractivity contribution in [1.82, 2.24) is 10.2 Å². The lowest BCUT2D eigenvalue weighted by Crippen LogP contribution is -2.52. The van der Waals surface area contributed by atoms with Gasteiger partial charge in [0.25, 0.3) is 0 Å². The Morgan fingerprint density at radius 1 is 1.11 bits per heavy atom. The molecule has 1 saturated heterocycles. The Labute approximate surface area is 120 Å². The molecule has 0 amide bonds. The summed E-state index contributed by atoms with van der Waals surface area (Å²) in [6, 6.07) is 1.40. The first-order valence-corrected chi connectivity index (χ1v) is 8.31. The SMILES string of the molecule is CC(C)N1CC(CC2CC2)CC(NCC(C)(C)C)C1. The molecule has 0 bridgehead atoms. The monoisotopic (exact) mass is 266 g/mol. The maximum absolute atomic E-state index is 3.83. The number of rotatable bonds is 5. The summed E-state index contributed by atoms with van der Waals surface area (Å²) in [6.45, 7) is 15.4. The molecule has 1 aliphatic heterocycles. The van der Waals surface area contributed by atoms with Gasteiger partial charge in [-0.15, -0.1) is 0 Å². The van der Waals surface area contributed by atoms with Crippen LogP contribution in [0, 0.1) is 17.3 Å². The van der Waals surface area contributed by atoms with E-state index in [9.17, 15) is 0 Å². The van der Waals surface area contributed by atoms with E-state index in [1.807, 2.05) is 0 Å². The molecule has 2 rings (SSSR count). The van der Waals surface area contributed by atoms with Crippen LogP contribution < -0.4 is 5.32 Å². The molecule has 19 heavy (non-hydrogen) atoms. The number of nitrogens with zero attached hydrogens (tertiary/aromatic N) is 1. The van der Waals surface area contributed by atoms with Crippen LogP contribution in [0.2, 0.25) is 0 Å². The third kappa shape index (κ3) is 5.43. The summed E-state index contributed by atoms with van der Waals surface area (Å²) < 4.78 is 0. The summed E-state index contributed by atoms with van der Waals surface area (Å²) in [6.07, 6.45) is 5.88. The second-order valence-corrected chi connectivity index (χ2v) is 8.47. The van der Waals surface area contributed by atoms with Gasteiger partial charge < -0.3 is 5.32 Å². The van der Waals surface area contributed by atoms with Gasteiger partial charge in [0, 0.05) is 31.7 Å². The Bertz CT molecular complexity index is 275. The van der Waals surface area contributed by atoms with Crippen molar-refractivity contribution < 1.29 is 0 Å². The molecule has 0 aromatic heterocycles. The van der Waals surface area contributed by atoms with Crippen molar-refractivity contribution in [3.63, 3.8) is 0 Å². The molecule has 1 heterocycles. The second kappa shape index (κ2) is 6.13. The van der Waals surface area contributed by atoms with Crippen LogP contribution in [0.4, 0.5) is 0 Å². The molecule has 112 valence electrons. The molecule has 0 spiro atoms. The highest BCUT2D eigenvalue weighted by Crippen LogP contribution is 2.38. The van der Waals surface area contributed by atoms with E-state index in [1.54, 1.807) is 0 Å². The average molecular weight is 266 g/mol. The van der Waals surface area contributed by atoms with E-state index < -0.39 is 0 Å². The van der Waals surface area contributed by atoms with Crippen molar-refractivity contribution in [2.45, 2.75) is 72.4 Å². The normalized spacial score (nSPS) is 30.0. The fourth-order valence-electron chi connectivity index (χ4n) is 3.26. The highest BCUT2D eigenvalue weighted by molar-refractivity contribution is 4.88. The topological polar surface area (TPSA) is 15.3 Å². The fraction of sp³-hybridized carbons (Fsp3) is 1.00. The highest BCUT2D eigenvalue weighted by Gasteiger charge is 2.33. The molecule has 0 aromatic carbocycles. The molecule has 1 saturated carbocycles. The number of nitrogens with one attached hydrogen (secondary N) is 1. The van der Waals surface area contributed by atoms with Gasteiger partial charge in [0.05, 0.1) is 0 Å². The van der Waals surface area contributed by atoms with Crippen LogP contribution in [0.15, 0.2) is 0 Å². The molecule has 2 aliphatic rings.